The monoisotopic (exact) mass is 633 g/mol. The number of urea groups is 1. The summed E-state index contributed by atoms with van der Waals surface area (Å²) in [6, 6.07) is 37.5. The smallest absolute Gasteiger partial charge is 0.323 e. The van der Waals surface area contributed by atoms with Gasteiger partial charge in [-0.3, -0.25) is 0 Å². The molecule has 3 N–H and O–H groups in total. The third-order valence-electron chi connectivity index (χ3n) is 7.66. The molecule has 0 radical (unpaired) electrons. The van der Waals surface area contributed by atoms with Gasteiger partial charge in [-0.2, -0.15) is 0 Å². The highest BCUT2D eigenvalue weighted by molar-refractivity contribution is 7.99. The second kappa shape index (κ2) is 15.1. The number of pyridine rings is 1. The highest BCUT2D eigenvalue weighted by atomic mass is 32.2. The van der Waals surface area contributed by atoms with Gasteiger partial charge in [0.1, 0.15) is 11.5 Å². The molecule has 6 rings (SSSR count). The standard InChI is InChI=1S/C37H35N3O5S/c1-25-33(24-46-34-12-5-6-21-38-34)44-36(45-35(25)27-15-13-26(23-41)14-16-27)28-8-7-9-30(22-28)40-37(42)39-29-17-19-32(20-18-29)43-31-10-3-2-4-11-31/h2-22,25,33,35-36,41H,23-24H2,1H3,(H2,39,40,42)/t25-,33+,35+,36+/m1/s1. The van der Waals surface area contributed by atoms with Crippen LogP contribution in [0.1, 0.15) is 36.0 Å². The van der Waals surface area contributed by atoms with Gasteiger partial charge in [-0.1, -0.05) is 67.6 Å². The van der Waals surface area contributed by atoms with Crippen molar-refractivity contribution in [3.8, 4) is 11.5 Å². The maximum absolute atomic E-state index is 12.9. The van der Waals surface area contributed by atoms with Gasteiger partial charge in [-0.05, 0) is 71.8 Å². The number of aromatic nitrogens is 1. The zero-order valence-electron chi connectivity index (χ0n) is 25.3. The van der Waals surface area contributed by atoms with Crippen molar-refractivity contribution in [2.45, 2.75) is 37.1 Å². The van der Waals surface area contributed by atoms with Crippen LogP contribution >= 0.6 is 11.8 Å². The third-order valence-corrected chi connectivity index (χ3v) is 8.70. The molecule has 4 aromatic carbocycles. The van der Waals surface area contributed by atoms with E-state index in [0.29, 0.717) is 22.9 Å². The van der Waals surface area contributed by atoms with Gasteiger partial charge in [0, 0.05) is 34.8 Å². The zero-order chi connectivity index (χ0) is 31.7. The summed E-state index contributed by atoms with van der Waals surface area (Å²) < 4.78 is 19.0. The SMILES string of the molecule is C[C@@H]1[C@H](CSc2ccccn2)O[C@H](c2cccc(NC(=O)Nc3ccc(Oc4ccccc4)cc3)c2)O[C@@H]1c1ccc(CO)cc1. The summed E-state index contributed by atoms with van der Waals surface area (Å²) in [6.07, 6.45) is 0.751. The molecule has 46 heavy (non-hydrogen) atoms. The lowest BCUT2D eigenvalue weighted by molar-refractivity contribution is -0.268. The average molecular weight is 634 g/mol. The van der Waals surface area contributed by atoms with E-state index in [0.717, 1.165) is 27.5 Å². The normalized spacial score (nSPS) is 19.3. The van der Waals surface area contributed by atoms with Crippen molar-refractivity contribution in [1.82, 2.24) is 4.98 Å². The number of rotatable bonds is 10. The van der Waals surface area contributed by atoms with Crippen molar-refractivity contribution in [2.24, 2.45) is 5.92 Å². The minimum absolute atomic E-state index is 0.0161. The molecular formula is C37H35N3O5S. The molecule has 0 spiro atoms. The summed E-state index contributed by atoms with van der Waals surface area (Å²) in [7, 11) is 0. The number of hydrogen-bond donors (Lipinski definition) is 3. The minimum atomic E-state index is -0.657. The minimum Gasteiger partial charge on any atom is -0.457 e. The molecule has 4 atom stereocenters. The van der Waals surface area contributed by atoms with E-state index in [1.54, 1.807) is 42.2 Å². The number of carbonyl (C=O) groups is 1. The molecule has 5 aromatic rings. The van der Waals surface area contributed by atoms with Crippen LogP contribution < -0.4 is 15.4 Å². The number of anilines is 2. The number of aliphatic hydroxyl groups excluding tert-OH is 1. The van der Waals surface area contributed by atoms with Crippen molar-refractivity contribution < 1.29 is 24.1 Å². The maximum Gasteiger partial charge on any atom is 0.323 e. The first-order valence-corrected chi connectivity index (χ1v) is 16.1. The number of thioether (sulfide) groups is 1. The van der Waals surface area contributed by atoms with Crippen molar-refractivity contribution in [1.29, 1.82) is 0 Å². The Morgan fingerprint density at radius 1 is 0.804 bits per heavy atom. The van der Waals surface area contributed by atoms with Crippen LogP contribution in [0.15, 0.2) is 133 Å². The molecule has 2 heterocycles. The van der Waals surface area contributed by atoms with Crippen molar-refractivity contribution >= 4 is 29.2 Å². The topological polar surface area (TPSA) is 102 Å². The number of nitrogens with zero attached hydrogens (tertiary/aromatic N) is 1. The largest absolute Gasteiger partial charge is 0.457 e. The van der Waals surface area contributed by atoms with E-state index >= 15 is 0 Å². The number of amides is 2. The molecule has 1 aliphatic rings. The Kier molecular flexibility index (Phi) is 10.3. The Bertz CT molecular complexity index is 1710. The molecule has 2 amide bonds. The van der Waals surface area contributed by atoms with E-state index in [4.69, 9.17) is 14.2 Å². The predicted molar refractivity (Wildman–Crippen MR) is 180 cm³/mol. The summed E-state index contributed by atoms with van der Waals surface area (Å²) in [5.41, 5.74) is 3.88. The number of benzene rings is 4. The fourth-order valence-corrected chi connectivity index (χ4v) is 6.22. The lowest BCUT2D eigenvalue weighted by Gasteiger charge is -2.41. The Hall–Kier alpha value is -4.67. The fourth-order valence-electron chi connectivity index (χ4n) is 5.20. The average Bonchev–Trinajstić information content (AvgIpc) is 3.10. The second-order valence-corrected chi connectivity index (χ2v) is 12.0. The van der Waals surface area contributed by atoms with E-state index in [2.05, 4.69) is 22.5 Å². The Balaban J connectivity index is 1.14. The van der Waals surface area contributed by atoms with E-state index < -0.39 is 6.29 Å². The molecule has 1 fully saturated rings. The highest BCUT2D eigenvalue weighted by Crippen LogP contribution is 2.43. The summed E-state index contributed by atoms with van der Waals surface area (Å²) in [6.45, 7) is 2.12. The lowest BCUT2D eigenvalue weighted by Crippen LogP contribution is -2.38. The number of para-hydroxylation sites is 1. The molecule has 1 aromatic heterocycles. The van der Waals surface area contributed by atoms with Crippen LogP contribution in [0, 0.1) is 5.92 Å². The molecule has 0 unspecified atom stereocenters. The van der Waals surface area contributed by atoms with Crippen molar-refractivity contribution in [2.75, 3.05) is 16.4 Å². The number of carbonyl (C=O) groups excluding carboxylic acids is 1. The first-order valence-electron chi connectivity index (χ1n) is 15.1. The molecule has 1 aliphatic heterocycles. The maximum atomic E-state index is 12.9. The van der Waals surface area contributed by atoms with Gasteiger partial charge in [-0.25, -0.2) is 9.78 Å². The van der Waals surface area contributed by atoms with Crippen molar-refractivity contribution in [3.63, 3.8) is 0 Å². The lowest BCUT2D eigenvalue weighted by atomic mass is 9.91. The first kappa shape index (κ1) is 31.3. The van der Waals surface area contributed by atoms with E-state index in [9.17, 15) is 9.90 Å². The molecule has 8 nitrogen and oxygen atoms in total. The number of ether oxygens (including phenoxy) is 3. The van der Waals surface area contributed by atoms with Crippen LogP contribution in [0.5, 0.6) is 11.5 Å². The molecule has 234 valence electrons. The Morgan fingerprint density at radius 2 is 1.54 bits per heavy atom. The third kappa shape index (κ3) is 8.13. The molecule has 9 heteroatoms. The summed E-state index contributed by atoms with van der Waals surface area (Å²) in [4.78, 5) is 17.4. The number of aliphatic hydroxyl groups is 1. The molecule has 0 aliphatic carbocycles. The van der Waals surface area contributed by atoms with Gasteiger partial charge in [-0.15, -0.1) is 11.8 Å². The van der Waals surface area contributed by atoms with Crippen LogP contribution in [-0.2, 0) is 16.1 Å². The molecular weight excluding hydrogens is 598 g/mol. The van der Waals surface area contributed by atoms with E-state index in [1.807, 2.05) is 97.1 Å². The van der Waals surface area contributed by atoms with Gasteiger partial charge < -0.3 is 30.0 Å². The molecule has 0 bridgehead atoms. The van der Waals surface area contributed by atoms with Crippen LogP contribution in [0.2, 0.25) is 0 Å². The van der Waals surface area contributed by atoms with Crippen LogP contribution in [-0.4, -0.2) is 28.0 Å². The highest BCUT2D eigenvalue weighted by Gasteiger charge is 2.38. The predicted octanol–water partition coefficient (Wildman–Crippen LogP) is 8.59. The van der Waals surface area contributed by atoms with Gasteiger partial charge in [0.2, 0.25) is 0 Å². The number of hydrogen-bond acceptors (Lipinski definition) is 7. The van der Waals surface area contributed by atoms with Gasteiger partial charge in [0.05, 0.1) is 23.8 Å². The summed E-state index contributed by atoms with van der Waals surface area (Å²) in [5, 5.41) is 16.3. The zero-order valence-corrected chi connectivity index (χ0v) is 26.1. The van der Waals surface area contributed by atoms with Crippen LogP contribution in [0.25, 0.3) is 0 Å². The van der Waals surface area contributed by atoms with Gasteiger partial charge in [0.15, 0.2) is 6.29 Å². The Morgan fingerprint density at radius 3 is 2.28 bits per heavy atom. The second-order valence-electron chi connectivity index (χ2n) is 10.9. The summed E-state index contributed by atoms with van der Waals surface area (Å²) in [5.74, 6) is 2.15. The number of nitrogens with one attached hydrogen (secondary N) is 2. The van der Waals surface area contributed by atoms with Gasteiger partial charge in [0.25, 0.3) is 0 Å². The Labute approximate surface area is 272 Å². The fraction of sp³-hybridized carbons (Fsp3) is 0.189. The summed E-state index contributed by atoms with van der Waals surface area (Å²) >= 11 is 1.65. The quantitative estimate of drug-likeness (QED) is 0.132. The van der Waals surface area contributed by atoms with Crippen LogP contribution in [0.3, 0.4) is 0 Å². The van der Waals surface area contributed by atoms with Gasteiger partial charge >= 0.3 is 6.03 Å². The van der Waals surface area contributed by atoms with E-state index in [1.165, 1.54) is 0 Å². The first-order chi connectivity index (χ1) is 22.5. The molecule has 0 saturated carbocycles. The molecule has 1 saturated heterocycles. The van der Waals surface area contributed by atoms with Crippen molar-refractivity contribution in [3.05, 3.63) is 144 Å². The van der Waals surface area contributed by atoms with E-state index in [-0.39, 0.29) is 30.8 Å². The van der Waals surface area contributed by atoms with Crippen LogP contribution in [0.4, 0.5) is 16.2 Å².